The Morgan fingerprint density at radius 3 is 2.65 bits per heavy atom. The normalized spacial score (nSPS) is 13.8. The van der Waals surface area contributed by atoms with E-state index in [1.165, 1.54) is 0 Å². The Balaban J connectivity index is 1.75. The zero-order valence-electron chi connectivity index (χ0n) is 13.5. The highest BCUT2D eigenvalue weighted by Crippen LogP contribution is 2.33. The number of rotatable bonds is 3. The fourth-order valence-corrected chi connectivity index (χ4v) is 2.75. The first-order valence-electron chi connectivity index (χ1n) is 7.79. The van der Waals surface area contributed by atoms with E-state index in [2.05, 4.69) is 0 Å². The molecule has 1 amide bonds. The third-order valence-electron chi connectivity index (χ3n) is 4.11. The van der Waals surface area contributed by atoms with Gasteiger partial charge >= 0.3 is 6.09 Å². The molecule has 0 atom stereocenters. The molecule has 0 aromatic heterocycles. The molecule has 1 aliphatic heterocycles. The van der Waals surface area contributed by atoms with Crippen molar-refractivity contribution < 1.29 is 14.6 Å². The van der Waals surface area contributed by atoms with Crippen molar-refractivity contribution >= 4 is 11.8 Å². The molecule has 120 valence electrons. The van der Waals surface area contributed by atoms with Crippen LogP contribution in [0.5, 0.6) is 0 Å². The number of anilines is 1. The minimum absolute atomic E-state index is 0.261. The van der Waals surface area contributed by atoms with Crippen LogP contribution in [-0.2, 0) is 23.4 Å². The molecule has 0 spiro atoms. The molecule has 4 nitrogen and oxygen atoms in total. The lowest BCUT2D eigenvalue weighted by Crippen LogP contribution is -2.29. The predicted molar refractivity (Wildman–Crippen MR) is 89.4 cm³/mol. The molecule has 23 heavy (non-hydrogen) atoms. The molecular weight excluding hydrogens is 290 g/mol. The van der Waals surface area contributed by atoms with E-state index < -0.39 is 5.60 Å². The molecule has 1 N–H and O–H groups in total. The lowest BCUT2D eigenvalue weighted by atomic mass is 9.96. The Labute approximate surface area is 136 Å². The Morgan fingerprint density at radius 2 is 1.96 bits per heavy atom. The summed E-state index contributed by atoms with van der Waals surface area (Å²) < 4.78 is 5.42. The van der Waals surface area contributed by atoms with Gasteiger partial charge in [0.1, 0.15) is 6.61 Å². The van der Waals surface area contributed by atoms with E-state index in [0.29, 0.717) is 6.54 Å². The van der Waals surface area contributed by atoms with Gasteiger partial charge in [-0.05, 0) is 43.0 Å². The Kier molecular flexibility index (Phi) is 4.09. The maximum absolute atomic E-state index is 12.4. The second-order valence-corrected chi connectivity index (χ2v) is 6.34. The largest absolute Gasteiger partial charge is 0.444 e. The molecule has 0 unspecified atom stereocenters. The van der Waals surface area contributed by atoms with Gasteiger partial charge in [-0.15, -0.1) is 0 Å². The molecule has 0 radical (unpaired) electrons. The van der Waals surface area contributed by atoms with Gasteiger partial charge in [-0.3, -0.25) is 4.90 Å². The van der Waals surface area contributed by atoms with E-state index in [1.54, 1.807) is 18.7 Å². The monoisotopic (exact) mass is 311 g/mol. The minimum Gasteiger partial charge on any atom is -0.444 e. The molecule has 4 heteroatoms. The number of carbonyl (C=O) groups excluding carboxylic acids is 1. The highest BCUT2D eigenvalue weighted by atomic mass is 16.6. The summed E-state index contributed by atoms with van der Waals surface area (Å²) in [7, 11) is 0. The van der Waals surface area contributed by atoms with Crippen molar-refractivity contribution in [3.63, 3.8) is 0 Å². The van der Waals surface area contributed by atoms with Gasteiger partial charge in [-0.2, -0.15) is 0 Å². The van der Waals surface area contributed by atoms with Crippen molar-refractivity contribution in [1.29, 1.82) is 0 Å². The number of aliphatic hydroxyl groups is 1. The van der Waals surface area contributed by atoms with Crippen LogP contribution >= 0.6 is 0 Å². The van der Waals surface area contributed by atoms with Crippen LogP contribution in [0.2, 0.25) is 0 Å². The SMILES string of the molecule is CC(C)(O)c1ccc2c(c1)N(C(=O)OCc1ccccc1)CC2. The topological polar surface area (TPSA) is 49.8 Å². The van der Waals surface area contributed by atoms with Crippen LogP contribution in [0.1, 0.15) is 30.5 Å². The summed E-state index contributed by atoms with van der Waals surface area (Å²) in [4.78, 5) is 14.0. The van der Waals surface area contributed by atoms with Crippen molar-refractivity contribution in [2.24, 2.45) is 0 Å². The van der Waals surface area contributed by atoms with Crippen LogP contribution < -0.4 is 4.90 Å². The molecule has 0 saturated heterocycles. The van der Waals surface area contributed by atoms with Crippen molar-refractivity contribution in [3.8, 4) is 0 Å². The van der Waals surface area contributed by atoms with E-state index >= 15 is 0 Å². The van der Waals surface area contributed by atoms with Crippen LogP contribution in [0.3, 0.4) is 0 Å². The van der Waals surface area contributed by atoms with Crippen LogP contribution in [0, 0.1) is 0 Å². The number of ether oxygens (including phenoxy) is 1. The van der Waals surface area contributed by atoms with E-state index in [4.69, 9.17) is 4.74 Å². The molecule has 2 aromatic rings. The molecule has 0 bridgehead atoms. The summed E-state index contributed by atoms with van der Waals surface area (Å²) in [6, 6.07) is 15.4. The first kappa shape index (κ1) is 15.6. The number of fused-ring (bicyclic) bond motifs is 1. The third-order valence-corrected chi connectivity index (χ3v) is 4.11. The number of hydrogen-bond acceptors (Lipinski definition) is 3. The summed E-state index contributed by atoms with van der Waals surface area (Å²) in [5, 5.41) is 10.2. The number of nitrogens with zero attached hydrogens (tertiary/aromatic N) is 1. The van der Waals surface area contributed by atoms with Gasteiger partial charge in [0.2, 0.25) is 0 Å². The molecule has 1 aliphatic rings. The van der Waals surface area contributed by atoms with Crippen LogP contribution in [0.4, 0.5) is 10.5 Å². The van der Waals surface area contributed by atoms with Crippen molar-refractivity contribution in [2.45, 2.75) is 32.5 Å². The average Bonchev–Trinajstić information content (AvgIpc) is 2.96. The number of carbonyl (C=O) groups is 1. The lowest BCUT2D eigenvalue weighted by molar-refractivity contribution is 0.0786. The third kappa shape index (κ3) is 3.37. The number of benzene rings is 2. The van der Waals surface area contributed by atoms with E-state index in [1.807, 2.05) is 48.5 Å². The molecule has 0 saturated carbocycles. The highest BCUT2D eigenvalue weighted by Gasteiger charge is 2.28. The average molecular weight is 311 g/mol. The molecule has 2 aromatic carbocycles. The molecule has 3 rings (SSSR count). The standard InChI is InChI=1S/C19H21NO3/c1-19(2,22)16-9-8-15-10-11-20(17(15)12-16)18(21)23-13-14-6-4-3-5-7-14/h3-9,12,22H,10-11,13H2,1-2H3. The fourth-order valence-electron chi connectivity index (χ4n) is 2.75. The van der Waals surface area contributed by atoms with Crippen molar-refractivity contribution in [2.75, 3.05) is 11.4 Å². The van der Waals surface area contributed by atoms with E-state index in [0.717, 1.165) is 28.8 Å². The fraction of sp³-hybridized carbons (Fsp3) is 0.316. The lowest BCUT2D eigenvalue weighted by Gasteiger charge is -2.21. The van der Waals surface area contributed by atoms with Gasteiger partial charge in [0.15, 0.2) is 0 Å². The zero-order valence-corrected chi connectivity index (χ0v) is 13.5. The van der Waals surface area contributed by atoms with Crippen LogP contribution in [0.25, 0.3) is 0 Å². The van der Waals surface area contributed by atoms with Gasteiger partial charge in [-0.25, -0.2) is 4.79 Å². The van der Waals surface area contributed by atoms with E-state index in [-0.39, 0.29) is 12.7 Å². The van der Waals surface area contributed by atoms with Gasteiger partial charge in [0.05, 0.1) is 11.3 Å². The number of amides is 1. The Hall–Kier alpha value is -2.33. The van der Waals surface area contributed by atoms with Crippen molar-refractivity contribution in [3.05, 3.63) is 65.2 Å². The highest BCUT2D eigenvalue weighted by molar-refractivity contribution is 5.90. The molecule has 1 heterocycles. The Bertz CT molecular complexity index is 704. The Morgan fingerprint density at radius 1 is 1.22 bits per heavy atom. The minimum atomic E-state index is -0.933. The number of hydrogen-bond donors (Lipinski definition) is 1. The predicted octanol–water partition coefficient (Wildman–Crippen LogP) is 3.61. The van der Waals surface area contributed by atoms with Gasteiger partial charge < -0.3 is 9.84 Å². The second-order valence-electron chi connectivity index (χ2n) is 6.34. The zero-order chi connectivity index (χ0) is 16.4. The quantitative estimate of drug-likeness (QED) is 0.942. The first-order valence-corrected chi connectivity index (χ1v) is 7.79. The maximum Gasteiger partial charge on any atom is 0.414 e. The molecular formula is C19H21NO3. The maximum atomic E-state index is 12.4. The van der Waals surface area contributed by atoms with Gasteiger partial charge in [-0.1, -0.05) is 42.5 Å². The summed E-state index contributed by atoms with van der Waals surface area (Å²) in [6.45, 7) is 4.35. The summed E-state index contributed by atoms with van der Waals surface area (Å²) >= 11 is 0. The van der Waals surface area contributed by atoms with E-state index in [9.17, 15) is 9.90 Å². The molecule has 0 fully saturated rings. The van der Waals surface area contributed by atoms with Gasteiger partial charge in [0, 0.05) is 6.54 Å². The summed E-state index contributed by atoms with van der Waals surface area (Å²) in [6.07, 6.45) is 0.461. The second kappa shape index (κ2) is 6.05. The summed E-state index contributed by atoms with van der Waals surface area (Å²) in [5.41, 5.74) is 2.76. The van der Waals surface area contributed by atoms with Gasteiger partial charge in [0.25, 0.3) is 0 Å². The van der Waals surface area contributed by atoms with Crippen molar-refractivity contribution in [1.82, 2.24) is 0 Å². The molecule has 0 aliphatic carbocycles. The smallest absolute Gasteiger partial charge is 0.414 e. The van der Waals surface area contributed by atoms with Crippen LogP contribution in [-0.4, -0.2) is 17.7 Å². The first-order chi connectivity index (χ1) is 10.9. The van der Waals surface area contributed by atoms with Crippen LogP contribution in [0.15, 0.2) is 48.5 Å². The summed E-state index contributed by atoms with van der Waals surface area (Å²) in [5.74, 6) is 0.